The standard InChI is InChI=1S/C19H25N5S2/c1-11(2)10-12(3)21-16-15-17(22-18(20)26-15)24-19(23-16)25-13(4)14-8-6-5-7-9-14/h5-9,11-13H,10H2,1-4H3,(H3,20,21,22,23,24)/t12-,13+/m1/s1. The van der Waals surface area contributed by atoms with Gasteiger partial charge in [-0.3, -0.25) is 0 Å². The van der Waals surface area contributed by atoms with Crippen LogP contribution < -0.4 is 11.1 Å². The number of nitrogens with zero attached hydrogens (tertiary/aromatic N) is 3. The lowest BCUT2D eigenvalue weighted by atomic mass is 10.1. The first-order valence-electron chi connectivity index (χ1n) is 8.84. The first kappa shape index (κ1) is 18.9. The van der Waals surface area contributed by atoms with Crippen molar-refractivity contribution >= 4 is 44.4 Å². The van der Waals surface area contributed by atoms with Crippen LogP contribution in [0.5, 0.6) is 0 Å². The molecule has 0 aliphatic rings. The van der Waals surface area contributed by atoms with Gasteiger partial charge >= 0.3 is 0 Å². The fourth-order valence-corrected chi connectivity index (χ4v) is 4.54. The molecule has 3 N–H and O–H groups in total. The molecule has 2 heterocycles. The van der Waals surface area contributed by atoms with Crippen LogP contribution in [0.1, 0.15) is 44.9 Å². The molecule has 2 aromatic heterocycles. The maximum atomic E-state index is 5.92. The molecule has 0 spiro atoms. The quantitative estimate of drug-likeness (QED) is 0.419. The molecular weight excluding hydrogens is 362 g/mol. The Bertz CT molecular complexity index is 863. The fraction of sp³-hybridized carbons (Fsp3) is 0.421. The van der Waals surface area contributed by atoms with Crippen LogP contribution in [-0.4, -0.2) is 21.0 Å². The Morgan fingerprint density at radius 1 is 1.08 bits per heavy atom. The number of thiazole rings is 1. The average molecular weight is 388 g/mol. The van der Waals surface area contributed by atoms with Crippen molar-refractivity contribution in [1.82, 2.24) is 15.0 Å². The Morgan fingerprint density at radius 3 is 2.50 bits per heavy atom. The van der Waals surface area contributed by atoms with E-state index >= 15 is 0 Å². The largest absolute Gasteiger partial charge is 0.375 e. The summed E-state index contributed by atoms with van der Waals surface area (Å²) in [5.41, 5.74) is 7.84. The molecule has 0 aliphatic carbocycles. The topological polar surface area (TPSA) is 76.7 Å². The molecule has 3 aromatic rings. The van der Waals surface area contributed by atoms with Crippen LogP contribution >= 0.6 is 23.1 Å². The van der Waals surface area contributed by atoms with Crippen molar-refractivity contribution < 1.29 is 0 Å². The van der Waals surface area contributed by atoms with Crippen molar-refractivity contribution in [3.63, 3.8) is 0 Å². The van der Waals surface area contributed by atoms with Crippen LogP contribution in [0.4, 0.5) is 10.9 Å². The lowest BCUT2D eigenvalue weighted by Crippen LogP contribution is -2.18. The first-order chi connectivity index (χ1) is 12.4. The van der Waals surface area contributed by atoms with Crippen molar-refractivity contribution in [2.45, 2.75) is 50.6 Å². The number of rotatable bonds is 7. The van der Waals surface area contributed by atoms with Gasteiger partial charge in [-0.25, -0.2) is 15.0 Å². The van der Waals surface area contributed by atoms with E-state index in [1.807, 2.05) is 6.07 Å². The van der Waals surface area contributed by atoms with E-state index < -0.39 is 0 Å². The predicted molar refractivity (Wildman–Crippen MR) is 113 cm³/mol. The Kier molecular flexibility index (Phi) is 5.98. The summed E-state index contributed by atoms with van der Waals surface area (Å²) in [4.78, 5) is 13.8. The normalized spacial score (nSPS) is 13.9. The van der Waals surface area contributed by atoms with Gasteiger partial charge in [-0.15, -0.1) is 0 Å². The lowest BCUT2D eigenvalue weighted by Gasteiger charge is -2.17. The number of nitrogen functional groups attached to an aromatic ring is 1. The predicted octanol–water partition coefficient (Wildman–Crippen LogP) is 5.37. The zero-order valence-corrected chi connectivity index (χ0v) is 17.2. The number of anilines is 2. The van der Waals surface area contributed by atoms with Gasteiger partial charge in [0.2, 0.25) is 0 Å². The van der Waals surface area contributed by atoms with Crippen molar-refractivity contribution in [3.8, 4) is 0 Å². The molecule has 26 heavy (non-hydrogen) atoms. The van der Waals surface area contributed by atoms with Gasteiger partial charge in [-0.05, 0) is 31.7 Å². The van der Waals surface area contributed by atoms with Gasteiger partial charge < -0.3 is 11.1 Å². The van der Waals surface area contributed by atoms with E-state index in [9.17, 15) is 0 Å². The zero-order chi connectivity index (χ0) is 18.7. The third kappa shape index (κ3) is 4.65. The second-order valence-electron chi connectivity index (χ2n) is 6.91. The maximum absolute atomic E-state index is 5.92. The van der Waals surface area contributed by atoms with Gasteiger partial charge in [0.1, 0.15) is 4.70 Å². The number of fused-ring (bicyclic) bond motifs is 1. The summed E-state index contributed by atoms with van der Waals surface area (Å²) in [5, 5.41) is 5.03. The molecule has 0 radical (unpaired) electrons. The third-order valence-corrected chi connectivity index (χ3v) is 5.91. The number of nitrogens with two attached hydrogens (primary N) is 1. The van der Waals surface area contributed by atoms with Crippen LogP contribution in [0.2, 0.25) is 0 Å². The second-order valence-corrected chi connectivity index (χ2v) is 9.24. The molecule has 138 valence electrons. The summed E-state index contributed by atoms with van der Waals surface area (Å²) in [6.45, 7) is 8.79. The molecule has 0 bridgehead atoms. The average Bonchev–Trinajstić information content (AvgIpc) is 2.95. The molecule has 5 nitrogen and oxygen atoms in total. The molecule has 0 unspecified atom stereocenters. The molecule has 3 rings (SSSR count). The molecule has 0 fully saturated rings. The van der Waals surface area contributed by atoms with Gasteiger partial charge in [-0.1, -0.05) is 67.3 Å². The van der Waals surface area contributed by atoms with Crippen molar-refractivity contribution in [2.75, 3.05) is 11.1 Å². The number of hydrogen-bond acceptors (Lipinski definition) is 7. The van der Waals surface area contributed by atoms with Crippen LogP contribution in [0.25, 0.3) is 10.3 Å². The minimum Gasteiger partial charge on any atom is -0.375 e. The number of nitrogens with one attached hydrogen (secondary N) is 1. The first-order valence-corrected chi connectivity index (χ1v) is 10.5. The van der Waals surface area contributed by atoms with Gasteiger partial charge in [-0.2, -0.15) is 0 Å². The van der Waals surface area contributed by atoms with E-state index in [-0.39, 0.29) is 5.25 Å². The van der Waals surface area contributed by atoms with Crippen molar-refractivity contribution in [2.24, 2.45) is 5.92 Å². The summed E-state index contributed by atoms with van der Waals surface area (Å²) in [7, 11) is 0. The molecule has 0 amide bonds. The summed E-state index contributed by atoms with van der Waals surface area (Å²) in [6.07, 6.45) is 1.07. The van der Waals surface area contributed by atoms with E-state index in [1.165, 1.54) is 16.9 Å². The highest BCUT2D eigenvalue weighted by atomic mass is 32.2. The van der Waals surface area contributed by atoms with Crippen LogP contribution in [0.3, 0.4) is 0 Å². The SMILES string of the molecule is CC(C)C[C@@H](C)Nc1nc(S[C@@H](C)c2ccccc2)nc2nc(N)sc12. The molecular formula is C19H25N5S2. The van der Waals surface area contributed by atoms with Gasteiger partial charge in [0.15, 0.2) is 21.8 Å². The molecule has 1 aromatic carbocycles. The van der Waals surface area contributed by atoms with E-state index in [0.29, 0.717) is 22.7 Å². The number of hydrogen-bond donors (Lipinski definition) is 2. The van der Waals surface area contributed by atoms with Crippen LogP contribution in [-0.2, 0) is 0 Å². The van der Waals surface area contributed by atoms with Crippen molar-refractivity contribution in [3.05, 3.63) is 35.9 Å². The second kappa shape index (κ2) is 8.22. The molecule has 0 saturated heterocycles. The highest BCUT2D eigenvalue weighted by Crippen LogP contribution is 2.36. The number of aromatic nitrogens is 3. The number of thioether (sulfide) groups is 1. The smallest absolute Gasteiger partial charge is 0.192 e. The summed E-state index contributed by atoms with van der Waals surface area (Å²) >= 11 is 3.07. The van der Waals surface area contributed by atoms with Gasteiger partial charge in [0, 0.05) is 11.3 Å². The summed E-state index contributed by atoms with van der Waals surface area (Å²) < 4.78 is 0.926. The Balaban J connectivity index is 1.88. The molecule has 0 aliphatic heterocycles. The van der Waals surface area contributed by atoms with E-state index in [4.69, 9.17) is 10.7 Å². The minimum absolute atomic E-state index is 0.255. The van der Waals surface area contributed by atoms with E-state index in [2.05, 4.69) is 67.2 Å². The highest BCUT2D eigenvalue weighted by molar-refractivity contribution is 7.99. The minimum atomic E-state index is 0.255. The van der Waals surface area contributed by atoms with Crippen molar-refractivity contribution in [1.29, 1.82) is 0 Å². The Hall–Kier alpha value is -1.86. The van der Waals surface area contributed by atoms with Gasteiger partial charge in [0.05, 0.1) is 0 Å². The monoisotopic (exact) mass is 387 g/mol. The van der Waals surface area contributed by atoms with Crippen LogP contribution in [0.15, 0.2) is 35.5 Å². The summed E-state index contributed by atoms with van der Waals surface area (Å²) in [6, 6.07) is 10.7. The lowest BCUT2D eigenvalue weighted by molar-refractivity contribution is 0.539. The van der Waals surface area contributed by atoms with E-state index in [1.54, 1.807) is 11.8 Å². The Labute approximate surface area is 162 Å². The van der Waals surface area contributed by atoms with E-state index in [0.717, 1.165) is 22.1 Å². The van der Waals surface area contributed by atoms with Crippen LogP contribution in [0, 0.1) is 5.92 Å². The maximum Gasteiger partial charge on any atom is 0.192 e. The highest BCUT2D eigenvalue weighted by Gasteiger charge is 2.17. The molecule has 7 heteroatoms. The Morgan fingerprint density at radius 2 is 1.81 bits per heavy atom. The molecule has 0 saturated carbocycles. The van der Waals surface area contributed by atoms with Gasteiger partial charge in [0.25, 0.3) is 0 Å². The zero-order valence-electron chi connectivity index (χ0n) is 15.6. The summed E-state index contributed by atoms with van der Waals surface area (Å²) in [5.74, 6) is 1.45. The molecule has 2 atom stereocenters. The fourth-order valence-electron chi connectivity index (χ4n) is 2.92. The third-order valence-electron chi connectivity index (χ3n) is 4.01. The number of benzene rings is 1.